The monoisotopic (exact) mass is 458 g/mol. The lowest BCUT2D eigenvalue weighted by Gasteiger charge is -2.34. The van der Waals surface area contributed by atoms with Gasteiger partial charge in [-0.05, 0) is 42.6 Å². The molecule has 8 heteroatoms. The van der Waals surface area contributed by atoms with Crippen LogP contribution < -0.4 is 15.4 Å². The van der Waals surface area contributed by atoms with Gasteiger partial charge in [-0.25, -0.2) is 0 Å². The number of hydrogen-bond acceptors (Lipinski definition) is 4. The molecule has 0 amide bonds. The molecular weight excluding hydrogens is 433 g/mol. The van der Waals surface area contributed by atoms with Gasteiger partial charge in [0.05, 0.1) is 12.4 Å². The molecular formula is C22H26ClF3N2OS. The Morgan fingerprint density at radius 1 is 1.17 bits per heavy atom. The second-order valence-electron chi connectivity index (χ2n) is 7.55. The Morgan fingerprint density at radius 2 is 1.97 bits per heavy atom. The highest BCUT2D eigenvalue weighted by Crippen LogP contribution is 2.36. The van der Waals surface area contributed by atoms with Crippen LogP contribution in [0.2, 0.25) is 0 Å². The molecule has 2 N–H and O–H groups in total. The molecule has 0 saturated carbocycles. The van der Waals surface area contributed by atoms with E-state index in [1.165, 1.54) is 5.56 Å². The van der Waals surface area contributed by atoms with E-state index < -0.39 is 11.9 Å². The van der Waals surface area contributed by atoms with Gasteiger partial charge >= 0.3 is 6.18 Å². The van der Waals surface area contributed by atoms with E-state index in [1.54, 1.807) is 0 Å². The average molecular weight is 459 g/mol. The zero-order chi connectivity index (χ0) is 20.3. The molecule has 0 bridgehead atoms. The fourth-order valence-corrected chi connectivity index (χ4v) is 4.88. The van der Waals surface area contributed by atoms with Crippen LogP contribution >= 0.6 is 24.2 Å². The molecule has 0 aliphatic carbocycles. The minimum atomic E-state index is -4.17. The molecule has 2 heterocycles. The Morgan fingerprint density at radius 3 is 2.73 bits per heavy atom. The second kappa shape index (κ2) is 10.3. The van der Waals surface area contributed by atoms with Gasteiger partial charge in [0.15, 0.2) is 0 Å². The maximum absolute atomic E-state index is 12.6. The van der Waals surface area contributed by atoms with E-state index in [0.717, 1.165) is 54.4 Å². The quantitative estimate of drug-likeness (QED) is 0.577. The Balaban J connectivity index is 0.00000256. The minimum absolute atomic E-state index is 0. The lowest BCUT2D eigenvalue weighted by molar-refractivity contribution is -0.105. The van der Waals surface area contributed by atoms with Crippen LogP contribution in [0.25, 0.3) is 0 Å². The van der Waals surface area contributed by atoms with E-state index >= 15 is 0 Å². The maximum atomic E-state index is 12.6. The first-order valence-electron chi connectivity index (χ1n) is 9.99. The fraction of sp³-hybridized carbons (Fsp3) is 0.455. The summed E-state index contributed by atoms with van der Waals surface area (Å²) in [5, 5.41) is 7.24. The first-order chi connectivity index (χ1) is 14.0. The van der Waals surface area contributed by atoms with Crippen molar-refractivity contribution in [2.75, 3.05) is 18.9 Å². The fourth-order valence-electron chi connectivity index (χ4n) is 4.10. The molecule has 1 saturated heterocycles. The summed E-state index contributed by atoms with van der Waals surface area (Å²) in [6.07, 6.45) is -1.27. The van der Waals surface area contributed by atoms with Crippen molar-refractivity contribution in [3.8, 4) is 5.75 Å². The molecule has 164 valence electrons. The van der Waals surface area contributed by atoms with Gasteiger partial charge in [-0.1, -0.05) is 30.3 Å². The summed E-state index contributed by atoms with van der Waals surface area (Å²) >= 11 is 0.846. The van der Waals surface area contributed by atoms with Gasteiger partial charge in [-0.15, -0.1) is 24.2 Å². The first-order valence-corrected chi connectivity index (χ1v) is 11.0. The molecule has 2 aliphatic rings. The lowest BCUT2D eigenvalue weighted by atomic mass is 9.92. The third kappa shape index (κ3) is 5.84. The van der Waals surface area contributed by atoms with Gasteiger partial charge in [0.2, 0.25) is 0 Å². The van der Waals surface area contributed by atoms with Gasteiger partial charge in [-0.3, -0.25) is 0 Å². The third-order valence-corrected chi connectivity index (χ3v) is 6.45. The number of ether oxygens (including phenoxy) is 1. The van der Waals surface area contributed by atoms with Crippen LogP contribution in [-0.2, 0) is 13.0 Å². The first kappa shape index (κ1) is 23.3. The second-order valence-corrected chi connectivity index (χ2v) is 8.59. The largest absolute Gasteiger partial charge is 0.493 e. The molecule has 2 aliphatic heterocycles. The summed E-state index contributed by atoms with van der Waals surface area (Å²) in [7, 11) is 0. The lowest BCUT2D eigenvalue weighted by Crippen LogP contribution is -2.45. The van der Waals surface area contributed by atoms with E-state index in [0.29, 0.717) is 18.0 Å². The van der Waals surface area contributed by atoms with E-state index in [2.05, 4.69) is 22.8 Å². The molecule has 0 aromatic heterocycles. The molecule has 0 unspecified atom stereocenters. The van der Waals surface area contributed by atoms with E-state index in [1.807, 2.05) is 30.3 Å². The normalized spacial score (nSPS) is 20.9. The van der Waals surface area contributed by atoms with Gasteiger partial charge in [-0.2, -0.15) is 13.2 Å². The third-order valence-electron chi connectivity index (χ3n) is 5.41. The van der Waals surface area contributed by atoms with Crippen LogP contribution in [0, 0.1) is 0 Å². The zero-order valence-corrected chi connectivity index (χ0v) is 18.1. The molecule has 2 atom stereocenters. The highest BCUT2D eigenvalue weighted by atomic mass is 35.5. The summed E-state index contributed by atoms with van der Waals surface area (Å²) in [4.78, 5) is 0.657. The van der Waals surface area contributed by atoms with Gasteiger partial charge in [0, 0.05) is 35.5 Å². The molecule has 2 aromatic rings. The SMILES string of the molecule is Cl.FC(F)(F)CSc1cc2c(c(CN[C@H]3CCCN[C@H]3c3ccccc3)c1)OCC2. The molecule has 2 aromatic carbocycles. The number of piperidine rings is 1. The van der Waals surface area contributed by atoms with Crippen LogP contribution in [0.3, 0.4) is 0 Å². The van der Waals surface area contributed by atoms with Gasteiger partial charge < -0.3 is 15.4 Å². The maximum Gasteiger partial charge on any atom is 0.398 e. The van der Waals surface area contributed by atoms with Crippen LogP contribution in [0.15, 0.2) is 47.4 Å². The Bertz CT molecular complexity index is 835. The number of alkyl halides is 3. The molecule has 1 fully saturated rings. The highest BCUT2D eigenvalue weighted by molar-refractivity contribution is 7.99. The van der Waals surface area contributed by atoms with Gasteiger partial charge in [0.1, 0.15) is 5.75 Å². The number of hydrogen-bond donors (Lipinski definition) is 2. The number of halogens is 4. The Hall–Kier alpha value is -1.41. The predicted molar refractivity (Wildman–Crippen MR) is 117 cm³/mol. The molecule has 3 nitrogen and oxygen atoms in total. The van der Waals surface area contributed by atoms with Crippen molar-refractivity contribution >= 4 is 24.2 Å². The number of benzene rings is 2. The molecule has 0 radical (unpaired) electrons. The smallest absolute Gasteiger partial charge is 0.398 e. The van der Waals surface area contributed by atoms with Crippen LogP contribution in [0.4, 0.5) is 13.2 Å². The number of rotatable bonds is 6. The van der Waals surface area contributed by atoms with Crippen molar-refractivity contribution in [3.05, 3.63) is 59.2 Å². The van der Waals surface area contributed by atoms with E-state index in [-0.39, 0.29) is 24.5 Å². The topological polar surface area (TPSA) is 33.3 Å². The molecule has 30 heavy (non-hydrogen) atoms. The standard InChI is InChI=1S/C22H25F3N2OS.ClH/c23-22(24,25)14-29-18-11-16-8-10-28-21(16)17(12-18)13-27-19-7-4-9-26-20(19)15-5-2-1-3-6-15;/h1-3,5-6,11-12,19-20,26-27H,4,7-10,13-14H2;1H/t19-,20-;/m0./s1. The summed E-state index contributed by atoms with van der Waals surface area (Å²) in [6.45, 7) is 2.16. The Kier molecular flexibility index (Phi) is 7.96. The minimum Gasteiger partial charge on any atom is -0.493 e. The van der Waals surface area contributed by atoms with Crippen LogP contribution in [0.1, 0.15) is 35.6 Å². The van der Waals surface area contributed by atoms with Crippen molar-refractivity contribution < 1.29 is 17.9 Å². The average Bonchev–Trinajstić information content (AvgIpc) is 3.20. The summed E-state index contributed by atoms with van der Waals surface area (Å²) < 4.78 is 43.7. The van der Waals surface area contributed by atoms with Crippen molar-refractivity contribution in [1.82, 2.24) is 10.6 Å². The van der Waals surface area contributed by atoms with Crippen LogP contribution in [-0.4, -0.2) is 31.1 Å². The highest BCUT2D eigenvalue weighted by Gasteiger charge is 2.29. The zero-order valence-electron chi connectivity index (χ0n) is 16.5. The van der Waals surface area contributed by atoms with Gasteiger partial charge in [0.25, 0.3) is 0 Å². The van der Waals surface area contributed by atoms with Crippen molar-refractivity contribution in [2.24, 2.45) is 0 Å². The van der Waals surface area contributed by atoms with Crippen LogP contribution in [0.5, 0.6) is 5.75 Å². The predicted octanol–water partition coefficient (Wildman–Crippen LogP) is 5.28. The number of fused-ring (bicyclic) bond motifs is 1. The van der Waals surface area contributed by atoms with Crippen molar-refractivity contribution in [2.45, 2.75) is 49.0 Å². The number of thioether (sulfide) groups is 1. The van der Waals surface area contributed by atoms with Crippen molar-refractivity contribution in [1.29, 1.82) is 0 Å². The van der Waals surface area contributed by atoms with E-state index in [4.69, 9.17) is 4.74 Å². The summed E-state index contributed by atoms with van der Waals surface area (Å²) in [5.41, 5.74) is 3.21. The summed E-state index contributed by atoms with van der Waals surface area (Å²) in [5.74, 6) is -0.0313. The van der Waals surface area contributed by atoms with E-state index in [9.17, 15) is 13.2 Å². The Labute approximate surface area is 185 Å². The molecule has 4 rings (SSSR count). The summed E-state index contributed by atoms with van der Waals surface area (Å²) in [6, 6.07) is 14.5. The van der Waals surface area contributed by atoms with Crippen molar-refractivity contribution in [3.63, 3.8) is 0 Å². The molecule has 0 spiro atoms. The number of nitrogens with one attached hydrogen (secondary N) is 2.